The maximum absolute atomic E-state index is 13.8. The van der Waals surface area contributed by atoms with Crippen molar-refractivity contribution in [3.05, 3.63) is 65.5 Å². The molecule has 1 atom stereocenters. The normalized spacial score (nSPS) is 21.5. The number of hydrogen-bond donors (Lipinski definition) is 3. The molecule has 9 heteroatoms. The van der Waals surface area contributed by atoms with E-state index in [-0.39, 0.29) is 30.8 Å². The van der Waals surface area contributed by atoms with Gasteiger partial charge in [0.15, 0.2) is 0 Å². The summed E-state index contributed by atoms with van der Waals surface area (Å²) in [7, 11) is 0. The number of rotatable bonds is 5. The van der Waals surface area contributed by atoms with Gasteiger partial charge in [0.2, 0.25) is 17.7 Å². The number of carbonyl (C=O) groups excluding carboxylic acids is 3. The minimum atomic E-state index is -1.13. The Balaban J connectivity index is 1.40. The Morgan fingerprint density at radius 1 is 1.02 bits per heavy atom. The van der Waals surface area contributed by atoms with E-state index in [2.05, 4.69) is 39.3 Å². The number of nitrogens with zero attached hydrogens (tertiary/aromatic N) is 3. The fraction of sp³-hybridized carbons (Fsp3) is 0.500. The summed E-state index contributed by atoms with van der Waals surface area (Å²) in [6, 6.07) is 11.8. The standard InChI is InChI=1S/C32H42N6O3/c1-23(2)13-18-38-21-28(39)36-32(14-7-10-24-9-3-4-12-27(24)32)31(41)34-15-5-6-17-37(22-29(38)40)20-25-19-35-30-26(25)11-8-16-33-30/h3-4,8-9,11-12,16,19,23H,5-7,10,13-15,17-18,20-22H2,1-2H3,(H,33,35)(H,34,41)(H,36,39). The number of aryl methyl sites for hydroxylation is 1. The van der Waals surface area contributed by atoms with Crippen LogP contribution in [0, 0.1) is 5.92 Å². The first kappa shape index (κ1) is 28.8. The molecule has 0 radical (unpaired) electrons. The van der Waals surface area contributed by atoms with E-state index in [0.29, 0.717) is 38.5 Å². The van der Waals surface area contributed by atoms with Crippen molar-refractivity contribution in [1.82, 2.24) is 30.4 Å². The Morgan fingerprint density at radius 2 is 1.88 bits per heavy atom. The Labute approximate surface area is 242 Å². The third-order valence-corrected chi connectivity index (χ3v) is 8.36. The van der Waals surface area contributed by atoms with Gasteiger partial charge in [0.1, 0.15) is 11.2 Å². The number of hydrogen-bond acceptors (Lipinski definition) is 5. The zero-order valence-corrected chi connectivity index (χ0v) is 24.2. The molecule has 1 aliphatic heterocycles. The van der Waals surface area contributed by atoms with E-state index >= 15 is 0 Å². The van der Waals surface area contributed by atoms with Gasteiger partial charge in [-0.2, -0.15) is 0 Å². The molecule has 1 fully saturated rings. The van der Waals surface area contributed by atoms with E-state index in [9.17, 15) is 14.4 Å². The summed E-state index contributed by atoms with van der Waals surface area (Å²) in [5.41, 5.74) is 2.74. The highest BCUT2D eigenvalue weighted by Gasteiger charge is 2.44. The van der Waals surface area contributed by atoms with Crippen LogP contribution in [-0.4, -0.2) is 70.2 Å². The molecule has 9 nitrogen and oxygen atoms in total. The van der Waals surface area contributed by atoms with Gasteiger partial charge in [-0.1, -0.05) is 38.1 Å². The van der Waals surface area contributed by atoms with Crippen LogP contribution < -0.4 is 10.6 Å². The maximum Gasteiger partial charge on any atom is 0.250 e. The average Bonchev–Trinajstić information content (AvgIpc) is 3.37. The monoisotopic (exact) mass is 558 g/mol. The largest absolute Gasteiger partial charge is 0.354 e. The van der Waals surface area contributed by atoms with Crippen molar-refractivity contribution in [2.24, 2.45) is 5.92 Å². The SMILES string of the molecule is CC(C)CCN1CC(=O)NC2(CCCc3ccccc32)C(=O)NCCCCN(Cc2c[nH]c3ncccc23)CC1=O. The van der Waals surface area contributed by atoms with Crippen molar-refractivity contribution >= 4 is 28.8 Å². The highest BCUT2D eigenvalue weighted by atomic mass is 16.2. The van der Waals surface area contributed by atoms with Gasteiger partial charge in [-0.3, -0.25) is 19.3 Å². The van der Waals surface area contributed by atoms with Crippen LogP contribution in [0.4, 0.5) is 0 Å². The summed E-state index contributed by atoms with van der Waals surface area (Å²) in [4.78, 5) is 52.7. The van der Waals surface area contributed by atoms with Crippen LogP contribution in [0.2, 0.25) is 0 Å². The number of amides is 3. The number of carbonyl (C=O) groups is 3. The molecular formula is C32H42N6O3. The molecule has 0 bridgehead atoms. The third kappa shape index (κ3) is 6.62. The zero-order chi connectivity index (χ0) is 28.8. The first-order valence-electron chi connectivity index (χ1n) is 14.9. The lowest BCUT2D eigenvalue weighted by Gasteiger charge is -2.39. The summed E-state index contributed by atoms with van der Waals surface area (Å²) >= 11 is 0. The van der Waals surface area contributed by atoms with Gasteiger partial charge in [-0.05, 0) is 79.8 Å². The van der Waals surface area contributed by atoms with Gasteiger partial charge < -0.3 is 20.5 Å². The first-order chi connectivity index (χ1) is 19.9. The van der Waals surface area contributed by atoms with E-state index in [1.807, 2.05) is 42.6 Å². The number of aromatic amines is 1. The minimum Gasteiger partial charge on any atom is -0.354 e. The van der Waals surface area contributed by atoms with E-state index in [4.69, 9.17) is 0 Å². The second kappa shape index (κ2) is 12.9. The second-order valence-corrected chi connectivity index (χ2v) is 11.8. The predicted octanol–water partition coefficient (Wildman–Crippen LogP) is 3.50. The number of benzene rings is 1. The molecule has 1 saturated heterocycles. The molecule has 3 heterocycles. The van der Waals surface area contributed by atoms with Crippen molar-refractivity contribution in [2.75, 3.05) is 32.7 Å². The van der Waals surface area contributed by atoms with Gasteiger partial charge >= 0.3 is 0 Å². The van der Waals surface area contributed by atoms with Crippen molar-refractivity contribution in [3.8, 4) is 0 Å². The summed E-state index contributed by atoms with van der Waals surface area (Å²) in [5, 5.41) is 7.31. The lowest BCUT2D eigenvalue weighted by Crippen LogP contribution is -2.60. The minimum absolute atomic E-state index is 0.0710. The number of pyridine rings is 1. The van der Waals surface area contributed by atoms with Crippen molar-refractivity contribution in [3.63, 3.8) is 0 Å². The number of nitrogens with one attached hydrogen (secondary N) is 3. The molecule has 1 spiro atoms. The van der Waals surface area contributed by atoms with Crippen molar-refractivity contribution < 1.29 is 14.4 Å². The van der Waals surface area contributed by atoms with Crippen LogP contribution >= 0.6 is 0 Å². The number of fused-ring (bicyclic) bond motifs is 3. The van der Waals surface area contributed by atoms with E-state index in [0.717, 1.165) is 59.8 Å². The number of aromatic nitrogens is 2. The molecule has 2 aliphatic rings. The van der Waals surface area contributed by atoms with E-state index < -0.39 is 5.54 Å². The topological polar surface area (TPSA) is 110 Å². The molecular weight excluding hydrogens is 516 g/mol. The molecule has 2 aromatic heterocycles. The third-order valence-electron chi connectivity index (χ3n) is 8.36. The Hall–Kier alpha value is -3.72. The Bertz CT molecular complexity index is 1380. The fourth-order valence-electron chi connectivity index (χ4n) is 6.12. The predicted molar refractivity (Wildman–Crippen MR) is 159 cm³/mol. The van der Waals surface area contributed by atoms with Gasteiger partial charge in [0.25, 0.3) is 0 Å². The Morgan fingerprint density at radius 3 is 2.73 bits per heavy atom. The first-order valence-corrected chi connectivity index (χ1v) is 14.9. The smallest absolute Gasteiger partial charge is 0.250 e. The number of H-pyrrole nitrogens is 1. The van der Waals surface area contributed by atoms with Crippen LogP contribution in [-0.2, 0) is 32.9 Å². The van der Waals surface area contributed by atoms with Gasteiger partial charge in [-0.25, -0.2) is 4.98 Å². The molecule has 41 heavy (non-hydrogen) atoms. The van der Waals surface area contributed by atoms with Gasteiger partial charge in [-0.15, -0.1) is 0 Å². The quantitative estimate of drug-likeness (QED) is 0.444. The van der Waals surface area contributed by atoms with Crippen LogP contribution in [0.3, 0.4) is 0 Å². The highest BCUT2D eigenvalue weighted by Crippen LogP contribution is 2.36. The lowest BCUT2D eigenvalue weighted by molar-refractivity contribution is -0.140. The fourth-order valence-corrected chi connectivity index (χ4v) is 6.12. The second-order valence-electron chi connectivity index (χ2n) is 11.8. The van der Waals surface area contributed by atoms with E-state index in [1.165, 1.54) is 0 Å². The summed E-state index contributed by atoms with van der Waals surface area (Å²) in [6.45, 7) is 6.67. The summed E-state index contributed by atoms with van der Waals surface area (Å²) in [5.74, 6) is -0.159. The highest BCUT2D eigenvalue weighted by molar-refractivity contribution is 5.94. The zero-order valence-electron chi connectivity index (χ0n) is 24.2. The molecule has 3 aromatic rings. The van der Waals surface area contributed by atoms with Crippen LogP contribution in [0.15, 0.2) is 48.8 Å². The van der Waals surface area contributed by atoms with E-state index in [1.54, 1.807) is 11.1 Å². The molecule has 1 aromatic carbocycles. The van der Waals surface area contributed by atoms with Gasteiger partial charge in [0, 0.05) is 37.4 Å². The average molecular weight is 559 g/mol. The molecule has 3 N–H and O–H groups in total. The summed E-state index contributed by atoms with van der Waals surface area (Å²) in [6.07, 6.45) is 8.33. The van der Waals surface area contributed by atoms with Crippen LogP contribution in [0.5, 0.6) is 0 Å². The van der Waals surface area contributed by atoms with Crippen LogP contribution in [0.25, 0.3) is 11.0 Å². The molecule has 1 aliphatic carbocycles. The van der Waals surface area contributed by atoms with Crippen molar-refractivity contribution in [1.29, 1.82) is 0 Å². The molecule has 1 unspecified atom stereocenters. The molecule has 218 valence electrons. The Kier molecular flexibility index (Phi) is 9.03. The maximum atomic E-state index is 13.8. The van der Waals surface area contributed by atoms with Gasteiger partial charge in [0.05, 0.1) is 13.1 Å². The molecule has 5 rings (SSSR count). The lowest BCUT2D eigenvalue weighted by atomic mass is 9.75. The van der Waals surface area contributed by atoms with Crippen molar-refractivity contribution in [2.45, 2.75) is 64.5 Å². The van der Waals surface area contributed by atoms with Crippen LogP contribution in [0.1, 0.15) is 62.6 Å². The molecule has 0 saturated carbocycles. The summed E-state index contributed by atoms with van der Waals surface area (Å²) < 4.78 is 0. The molecule has 3 amide bonds.